The average molecular weight is 340 g/mol. The maximum atomic E-state index is 13.8. The number of furan rings is 1. The van der Waals surface area contributed by atoms with E-state index in [2.05, 4.69) is 27.5 Å². The Labute approximate surface area is 143 Å². The Bertz CT molecular complexity index is 978. The van der Waals surface area contributed by atoms with Crippen LogP contribution in [0.3, 0.4) is 0 Å². The lowest BCUT2D eigenvalue weighted by Crippen LogP contribution is -2.18. The highest BCUT2D eigenvalue weighted by molar-refractivity contribution is 6.15. The number of aromatic nitrogens is 2. The number of anilines is 2. The zero-order chi connectivity index (χ0) is 17.6. The van der Waals surface area contributed by atoms with Crippen molar-refractivity contribution < 1.29 is 13.6 Å². The van der Waals surface area contributed by atoms with Crippen molar-refractivity contribution in [3.63, 3.8) is 0 Å². The van der Waals surface area contributed by atoms with Crippen LogP contribution in [0.5, 0.6) is 0 Å². The van der Waals surface area contributed by atoms with Crippen LogP contribution in [0.25, 0.3) is 11.1 Å². The Morgan fingerprint density at radius 1 is 1.28 bits per heavy atom. The number of para-hydroxylation sites is 1. The number of nitrogens with zero attached hydrogens (tertiary/aromatic N) is 2. The van der Waals surface area contributed by atoms with Crippen molar-refractivity contribution in [3.8, 4) is 0 Å². The second-order valence-corrected chi connectivity index (χ2v) is 6.56. The summed E-state index contributed by atoms with van der Waals surface area (Å²) in [5.41, 5.74) is 0.733. The minimum atomic E-state index is -0.499. The second kappa shape index (κ2) is 5.54. The van der Waals surface area contributed by atoms with Gasteiger partial charge in [0.25, 0.3) is 5.91 Å². The first-order valence-electron chi connectivity index (χ1n) is 8.05. The van der Waals surface area contributed by atoms with E-state index in [0.29, 0.717) is 28.2 Å². The molecule has 0 aliphatic heterocycles. The monoisotopic (exact) mass is 340 g/mol. The van der Waals surface area contributed by atoms with E-state index < -0.39 is 11.7 Å². The van der Waals surface area contributed by atoms with Crippen LogP contribution in [0.4, 0.5) is 15.9 Å². The standard InChI is InChI=1S/C18H17FN4O2/c1-10-13(16(24)22-12-6-4-3-5-11(12)19)14-15(23-18(2)7-8-18)20-9-21-17(14)25-10/h3-6,9H,7-8H2,1-2H3,(H,22,24)(H,20,21,23). The third kappa shape index (κ3) is 2.82. The summed E-state index contributed by atoms with van der Waals surface area (Å²) in [6.45, 7) is 3.77. The zero-order valence-electron chi connectivity index (χ0n) is 13.9. The molecular weight excluding hydrogens is 323 g/mol. The number of amides is 1. The lowest BCUT2D eigenvalue weighted by Gasteiger charge is -2.13. The quantitative estimate of drug-likeness (QED) is 0.753. The predicted octanol–water partition coefficient (Wildman–Crippen LogP) is 3.89. The predicted molar refractivity (Wildman–Crippen MR) is 92.2 cm³/mol. The smallest absolute Gasteiger partial charge is 0.260 e. The topological polar surface area (TPSA) is 80.1 Å². The van der Waals surface area contributed by atoms with Crippen LogP contribution >= 0.6 is 0 Å². The molecule has 3 aromatic rings. The normalized spacial score (nSPS) is 15.2. The molecule has 128 valence electrons. The van der Waals surface area contributed by atoms with Gasteiger partial charge in [0.2, 0.25) is 5.71 Å². The van der Waals surface area contributed by atoms with Gasteiger partial charge in [0.05, 0.1) is 16.6 Å². The van der Waals surface area contributed by atoms with Crippen molar-refractivity contribution in [3.05, 3.63) is 47.7 Å². The van der Waals surface area contributed by atoms with Gasteiger partial charge >= 0.3 is 0 Å². The van der Waals surface area contributed by atoms with Crippen LogP contribution in [-0.4, -0.2) is 21.4 Å². The number of rotatable bonds is 4. The van der Waals surface area contributed by atoms with Crippen molar-refractivity contribution in [2.24, 2.45) is 0 Å². The third-order valence-electron chi connectivity index (χ3n) is 4.43. The van der Waals surface area contributed by atoms with Gasteiger partial charge in [0, 0.05) is 5.54 Å². The molecule has 2 heterocycles. The molecule has 7 heteroatoms. The van der Waals surface area contributed by atoms with E-state index in [4.69, 9.17) is 4.42 Å². The molecule has 1 fully saturated rings. The first-order chi connectivity index (χ1) is 12.0. The van der Waals surface area contributed by atoms with Gasteiger partial charge in [-0.15, -0.1) is 0 Å². The van der Waals surface area contributed by atoms with Crippen molar-refractivity contribution in [2.75, 3.05) is 10.6 Å². The van der Waals surface area contributed by atoms with E-state index in [1.54, 1.807) is 19.1 Å². The molecule has 1 aromatic carbocycles. The van der Waals surface area contributed by atoms with Gasteiger partial charge in [-0.25, -0.2) is 14.4 Å². The number of carbonyl (C=O) groups excluding carboxylic acids is 1. The summed E-state index contributed by atoms with van der Waals surface area (Å²) < 4.78 is 19.5. The van der Waals surface area contributed by atoms with E-state index in [-0.39, 0.29) is 11.2 Å². The number of fused-ring (bicyclic) bond motifs is 1. The van der Waals surface area contributed by atoms with E-state index in [1.807, 2.05) is 0 Å². The number of hydrogen-bond donors (Lipinski definition) is 2. The van der Waals surface area contributed by atoms with Crippen LogP contribution in [0.1, 0.15) is 35.9 Å². The van der Waals surface area contributed by atoms with Crippen LogP contribution in [0.2, 0.25) is 0 Å². The molecule has 0 atom stereocenters. The fourth-order valence-corrected chi connectivity index (χ4v) is 2.76. The van der Waals surface area contributed by atoms with E-state index >= 15 is 0 Å². The Hall–Kier alpha value is -2.96. The second-order valence-electron chi connectivity index (χ2n) is 6.56. The van der Waals surface area contributed by atoms with Gasteiger partial charge in [-0.05, 0) is 38.8 Å². The van der Waals surface area contributed by atoms with Crippen LogP contribution < -0.4 is 10.6 Å². The first kappa shape index (κ1) is 15.6. The Morgan fingerprint density at radius 3 is 2.76 bits per heavy atom. The SMILES string of the molecule is Cc1oc2ncnc(NC3(C)CC3)c2c1C(=O)Nc1ccccc1F. The molecule has 6 nitrogen and oxygen atoms in total. The van der Waals surface area contributed by atoms with Crippen molar-refractivity contribution >= 4 is 28.5 Å². The molecule has 2 N–H and O–H groups in total. The Morgan fingerprint density at radius 2 is 2.04 bits per heavy atom. The fraction of sp³-hybridized carbons (Fsp3) is 0.278. The molecule has 1 aliphatic rings. The van der Waals surface area contributed by atoms with E-state index in [0.717, 1.165) is 12.8 Å². The van der Waals surface area contributed by atoms with Crippen molar-refractivity contribution in [1.29, 1.82) is 0 Å². The number of nitrogens with one attached hydrogen (secondary N) is 2. The lowest BCUT2D eigenvalue weighted by molar-refractivity contribution is 0.102. The molecule has 0 unspecified atom stereocenters. The van der Waals surface area contributed by atoms with Gasteiger partial charge in [0.15, 0.2) is 0 Å². The molecule has 1 amide bonds. The molecule has 0 saturated heterocycles. The molecule has 0 radical (unpaired) electrons. The summed E-state index contributed by atoms with van der Waals surface area (Å²) >= 11 is 0. The number of halogens is 1. The largest absolute Gasteiger partial charge is 0.442 e. The van der Waals surface area contributed by atoms with Crippen LogP contribution in [0.15, 0.2) is 35.0 Å². The molecular formula is C18H17FN4O2. The third-order valence-corrected chi connectivity index (χ3v) is 4.43. The van der Waals surface area contributed by atoms with Gasteiger partial charge in [-0.2, -0.15) is 0 Å². The number of carbonyl (C=O) groups is 1. The molecule has 4 rings (SSSR count). The molecule has 1 aliphatic carbocycles. The van der Waals surface area contributed by atoms with Gasteiger partial charge < -0.3 is 15.1 Å². The Kier molecular flexibility index (Phi) is 3.45. The number of aryl methyl sites for hydroxylation is 1. The van der Waals surface area contributed by atoms with Crippen molar-refractivity contribution in [2.45, 2.75) is 32.2 Å². The average Bonchev–Trinajstić information content (AvgIpc) is 3.18. The lowest BCUT2D eigenvalue weighted by atomic mass is 10.1. The highest BCUT2D eigenvalue weighted by atomic mass is 19.1. The Balaban J connectivity index is 1.77. The molecule has 25 heavy (non-hydrogen) atoms. The van der Waals surface area contributed by atoms with Crippen molar-refractivity contribution in [1.82, 2.24) is 9.97 Å². The maximum absolute atomic E-state index is 13.8. The van der Waals surface area contributed by atoms with Crippen LogP contribution in [-0.2, 0) is 0 Å². The van der Waals surface area contributed by atoms with Gasteiger partial charge in [-0.1, -0.05) is 12.1 Å². The summed E-state index contributed by atoms with van der Waals surface area (Å²) in [7, 11) is 0. The highest BCUT2D eigenvalue weighted by Crippen LogP contribution is 2.40. The molecule has 0 spiro atoms. The molecule has 1 saturated carbocycles. The van der Waals surface area contributed by atoms with Crippen LogP contribution in [0, 0.1) is 12.7 Å². The fourth-order valence-electron chi connectivity index (χ4n) is 2.76. The van der Waals surface area contributed by atoms with Gasteiger partial charge in [-0.3, -0.25) is 4.79 Å². The number of hydrogen-bond acceptors (Lipinski definition) is 5. The molecule has 2 aromatic heterocycles. The summed E-state index contributed by atoms with van der Waals surface area (Å²) in [5, 5.41) is 6.46. The number of benzene rings is 1. The first-order valence-corrected chi connectivity index (χ1v) is 8.05. The minimum absolute atomic E-state index is 0.0221. The summed E-state index contributed by atoms with van der Waals surface area (Å²) in [4.78, 5) is 21.2. The van der Waals surface area contributed by atoms with E-state index in [1.165, 1.54) is 18.5 Å². The van der Waals surface area contributed by atoms with E-state index in [9.17, 15) is 9.18 Å². The van der Waals surface area contributed by atoms with Gasteiger partial charge in [0.1, 0.15) is 23.7 Å². The molecule has 0 bridgehead atoms. The highest BCUT2D eigenvalue weighted by Gasteiger charge is 2.38. The minimum Gasteiger partial charge on any atom is -0.442 e. The summed E-state index contributed by atoms with van der Waals surface area (Å²) in [6.07, 6.45) is 3.47. The summed E-state index contributed by atoms with van der Waals surface area (Å²) in [5.74, 6) is 0.00964. The zero-order valence-corrected chi connectivity index (χ0v) is 13.9. The maximum Gasteiger partial charge on any atom is 0.260 e. The summed E-state index contributed by atoms with van der Waals surface area (Å²) in [6, 6.07) is 6.02.